The first-order chi connectivity index (χ1) is 14.9. The summed E-state index contributed by atoms with van der Waals surface area (Å²) in [6, 6.07) is 13.9. The molecule has 0 saturated carbocycles. The van der Waals surface area contributed by atoms with Gasteiger partial charge >= 0.3 is 0 Å². The topological polar surface area (TPSA) is 89.2 Å². The molecule has 0 radical (unpaired) electrons. The van der Waals surface area contributed by atoms with Crippen molar-refractivity contribution in [2.45, 2.75) is 6.92 Å². The molecule has 2 aromatic carbocycles. The van der Waals surface area contributed by atoms with Gasteiger partial charge in [0.1, 0.15) is 11.6 Å². The lowest BCUT2D eigenvalue weighted by molar-refractivity contribution is 0.0992. The van der Waals surface area contributed by atoms with E-state index in [1.54, 1.807) is 60.3 Å². The second kappa shape index (κ2) is 8.57. The van der Waals surface area contributed by atoms with Gasteiger partial charge in [-0.05, 0) is 71.4 Å². The summed E-state index contributed by atoms with van der Waals surface area (Å²) >= 11 is 3.14. The van der Waals surface area contributed by atoms with Crippen molar-refractivity contribution in [3.63, 3.8) is 0 Å². The standard InChI is InChI=1S/C22H16BrFN4O3/c1-13-25-9-10-28(13)18-6-5-16(12-17(18)24)26-21(29)14-3-2-4-15(11-14)27-22(30)19-7-8-20(23)31-19/h2-12H,1H3,(H,26,29)(H,27,30). The average molecular weight is 483 g/mol. The number of hydrogen-bond donors (Lipinski definition) is 2. The minimum absolute atomic E-state index is 0.130. The summed E-state index contributed by atoms with van der Waals surface area (Å²) in [7, 11) is 0. The van der Waals surface area contributed by atoms with Crippen molar-refractivity contribution in [1.82, 2.24) is 9.55 Å². The summed E-state index contributed by atoms with van der Waals surface area (Å²) < 4.78 is 21.8. The van der Waals surface area contributed by atoms with Crippen LogP contribution < -0.4 is 10.6 Å². The molecule has 2 heterocycles. The van der Waals surface area contributed by atoms with Gasteiger partial charge in [-0.1, -0.05) is 6.07 Å². The van der Waals surface area contributed by atoms with Gasteiger partial charge in [0, 0.05) is 29.3 Å². The number of aromatic nitrogens is 2. The lowest BCUT2D eigenvalue weighted by Crippen LogP contribution is -2.14. The molecule has 4 rings (SSSR count). The maximum atomic E-state index is 14.6. The third-order valence-corrected chi connectivity index (χ3v) is 4.90. The van der Waals surface area contributed by atoms with E-state index < -0.39 is 17.6 Å². The van der Waals surface area contributed by atoms with Gasteiger partial charge in [-0.15, -0.1) is 0 Å². The number of amides is 2. The molecule has 0 atom stereocenters. The van der Waals surface area contributed by atoms with E-state index in [1.165, 1.54) is 18.2 Å². The van der Waals surface area contributed by atoms with Gasteiger partial charge in [0.2, 0.25) is 0 Å². The zero-order chi connectivity index (χ0) is 22.0. The van der Waals surface area contributed by atoms with Crippen LogP contribution >= 0.6 is 15.9 Å². The average Bonchev–Trinajstić information content (AvgIpc) is 3.37. The van der Waals surface area contributed by atoms with E-state index in [4.69, 9.17) is 4.42 Å². The van der Waals surface area contributed by atoms with Gasteiger partial charge in [-0.25, -0.2) is 9.37 Å². The highest BCUT2D eigenvalue weighted by Gasteiger charge is 2.14. The second-order valence-electron chi connectivity index (χ2n) is 6.60. The zero-order valence-electron chi connectivity index (χ0n) is 16.2. The Bertz CT molecular complexity index is 1280. The van der Waals surface area contributed by atoms with Gasteiger partial charge in [-0.2, -0.15) is 0 Å². The molecule has 0 aliphatic rings. The Labute approximate surface area is 185 Å². The highest BCUT2D eigenvalue weighted by atomic mass is 79.9. The molecule has 31 heavy (non-hydrogen) atoms. The number of nitrogens with one attached hydrogen (secondary N) is 2. The van der Waals surface area contributed by atoms with Crippen LogP contribution in [0.5, 0.6) is 0 Å². The second-order valence-corrected chi connectivity index (χ2v) is 7.39. The summed E-state index contributed by atoms with van der Waals surface area (Å²) in [5.41, 5.74) is 1.36. The molecule has 0 aliphatic carbocycles. The van der Waals surface area contributed by atoms with Gasteiger partial charge < -0.3 is 19.6 Å². The Hall–Kier alpha value is -3.72. The molecule has 0 spiro atoms. The fourth-order valence-electron chi connectivity index (χ4n) is 2.98. The summed E-state index contributed by atoms with van der Waals surface area (Å²) in [6.45, 7) is 1.77. The molecule has 0 fully saturated rings. The molecule has 2 N–H and O–H groups in total. The molecule has 2 aromatic heterocycles. The summed E-state index contributed by atoms with van der Waals surface area (Å²) in [6.07, 6.45) is 3.24. The molecule has 4 aromatic rings. The third kappa shape index (κ3) is 4.56. The Kier molecular flexibility index (Phi) is 5.68. The van der Waals surface area contributed by atoms with Crippen LogP contribution in [0.4, 0.5) is 15.8 Å². The van der Waals surface area contributed by atoms with Crippen LogP contribution in [0, 0.1) is 12.7 Å². The summed E-state index contributed by atoms with van der Waals surface area (Å²) in [5.74, 6) is -0.607. The molecule has 2 amide bonds. The van der Waals surface area contributed by atoms with Crippen molar-refractivity contribution >= 4 is 39.1 Å². The number of rotatable bonds is 5. The predicted molar refractivity (Wildman–Crippen MR) is 117 cm³/mol. The highest BCUT2D eigenvalue weighted by Crippen LogP contribution is 2.21. The number of imidazole rings is 1. The van der Waals surface area contributed by atoms with Crippen LogP contribution in [0.25, 0.3) is 5.69 Å². The van der Waals surface area contributed by atoms with Crippen LogP contribution in [0.3, 0.4) is 0 Å². The Morgan fingerprint density at radius 3 is 2.48 bits per heavy atom. The number of furan rings is 1. The molecular weight excluding hydrogens is 467 g/mol. The van der Waals surface area contributed by atoms with Crippen LogP contribution in [-0.2, 0) is 0 Å². The minimum atomic E-state index is -0.496. The number of anilines is 2. The maximum Gasteiger partial charge on any atom is 0.291 e. The first-order valence-corrected chi connectivity index (χ1v) is 9.98. The molecule has 0 aliphatic heterocycles. The molecule has 156 valence electrons. The maximum absolute atomic E-state index is 14.6. The van der Waals surface area contributed by atoms with E-state index in [-0.39, 0.29) is 5.76 Å². The monoisotopic (exact) mass is 482 g/mol. The molecular formula is C22H16BrFN4O3. The summed E-state index contributed by atoms with van der Waals surface area (Å²) in [4.78, 5) is 28.9. The van der Waals surface area contributed by atoms with E-state index in [2.05, 4.69) is 31.5 Å². The smallest absolute Gasteiger partial charge is 0.291 e. The largest absolute Gasteiger partial charge is 0.444 e. The van der Waals surface area contributed by atoms with E-state index in [0.717, 1.165) is 0 Å². The van der Waals surface area contributed by atoms with Crippen molar-refractivity contribution < 1.29 is 18.4 Å². The molecule has 0 saturated heterocycles. The van der Waals surface area contributed by atoms with Crippen molar-refractivity contribution in [3.8, 4) is 5.69 Å². The highest BCUT2D eigenvalue weighted by molar-refractivity contribution is 9.10. The van der Waals surface area contributed by atoms with Crippen LogP contribution in [-0.4, -0.2) is 21.4 Å². The number of halogens is 2. The van der Waals surface area contributed by atoms with E-state index in [1.807, 2.05) is 0 Å². The summed E-state index contributed by atoms with van der Waals surface area (Å²) in [5, 5.41) is 5.33. The fourth-order valence-corrected chi connectivity index (χ4v) is 3.29. The fraction of sp³-hybridized carbons (Fsp3) is 0.0455. The molecule has 7 nitrogen and oxygen atoms in total. The first-order valence-electron chi connectivity index (χ1n) is 9.19. The van der Waals surface area contributed by atoms with E-state index >= 15 is 0 Å². The van der Waals surface area contributed by atoms with Gasteiger partial charge in [0.05, 0.1) is 5.69 Å². The number of carbonyl (C=O) groups excluding carboxylic acids is 2. The first kappa shape index (κ1) is 20.5. The van der Waals surface area contributed by atoms with Crippen molar-refractivity contribution in [3.05, 3.63) is 94.6 Å². The van der Waals surface area contributed by atoms with Crippen LogP contribution in [0.2, 0.25) is 0 Å². The predicted octanol–water partition coefficient (Wildman–Crippen LogP) is 5.18. The number of carbonyl (C=O) groups is 2. The van der Waals surface area contributed by atoms with E-state index in [0.29, 0.717) is 33.1 Å². The SMILES string of the molecule is Cc1nccn1-c1ccc(NC(=O)c2cccc(NC(=O)c3ccc(Br)o3)c2)cc1F. The number of hydrogen-bond acceptors (Lipinski definition) is 4. The Balaban J connectivity index is 1.47. The molecule has 0 bridgehead atoms. The number of aryl methyl sites for hydroxylation is 1. The lowest BCUT2D eigenvalue weighted by atomic mass is 10.1. The van der Waals surface area contributed by atoms with Crippen LogP contribution in [0.1, 0.15) is 26.7 Å². The zero-order valence-corrected chi connectivity index (χ0v) is 17.8. The molecule has 0 unspecified atom stereocenters. The van der Waals surface area contributed by atoms with Crippen molar-refractivity contribution in [2.24, 2.45) is 0 Å². The minimum Gasteiger partial charge on any atom is -0.444 e. The normalized spacial score (nSPS) is 10.7. The van der Waals surface area contributed by atoms with Gasteiger partial charge in [-0.3, -0.25) is 9.59 Å². The van der Waals surface area contributed by atoms with Gasteiger partial charge in [0.15, 0.2) is 10.4 Å². The number of nitrogens with zero attached hydrogens (tertiary/aromatic N) is 2. The third-order valence-electron chi connectivity index (χ3n) is 4.47. The Morgan fingerprint density at radius 2 is 1.81 bits per heavy atom. The van der Waals surface area contributed by atoms with Crippen LogP contribution in [0.15, 0.2) is 76.1 Å². The van der Waals surface area contributed by atoms with Crippen molar-refractivity contribution in [2.75, 3.05) is 10.6 Å². The molecule has 9 heteroatoms. The lowest BCUT2D eigenvalue weighted by Gasteiger charge is -2.10. The Morgan fingerprint density at radius 1 is 1.03 bits per heavy atom. The van der Waals surface area contributed by atoms with E-state index in [9.17, 15) is 14.0 Å². The van der Waals surface area contributed by atoms with Crippen molar-refractivity contribution in [1.29, 1.82) is 0 Å². The quantitative estimate of drug-likeness (QED) is 0.410. The van der Waals surface area contributed by atoms with Gasteiger partial charge in [0.25, 0.3) is 11.8 Å². The number of benzene rings is 2.